The van der Waals surface area contributed by atoms with Gasteiger partial charge in [-0.25, -0.2) is 4.98 Å². The van der Waals surface area contributed by atoms with Crippen LogP contribution >= 0.6 is 11.3 Å². The second-order valence-corrected chi connectivity index (χ2v) is 4.87. The van der Waals surface area contributed by atoms with Crippen LogP contribution in [0.1, 0.15) is 51.8 Å². The van der Waals surface area contributed by atoms with Gasteiger partial charge in [-0.1, -0.05) is 33.6 Å². The van der Waals surface area contributed by atoms with Crippen molar-refractivity contribution in [2.45, 2.75) is 46.1 Å². The van der Waals surface area contributed by atoms with Gasteiger partial charge in [0.25, 0.3) is 0 Å². The van der Waals surface area contributed by atoms with Gasteiger partial charge in [0.05, 0.1) is 17.2 Å². The van der Waals surface area contributed by atoms with Crippen molar-refractivity contribution in [1.82, 2.24) is 10.3 Å². The normalized spacial score (nSPS) is 15.1. The lowest BCUT2D eigenvalue weighted by molar-refractivity contribution is 0.391. The minimum atomic E-state index is 0.447. The van der Waals surface area contributed by atoms with Gasteiger partial charge in [-0.2, -0.15) is 0 Å². The maximum atomic E-state index is 4.40. The zero-order chi connectivity index (χ0) is 11.1. The molecule has 0 spiro atoms. The molecule has 0 aliphatic heterocycles. The second-order valence-electron chi connectivity index (χ2n) is 4.15. The molecule has 1 aromatic rings. The van der Waals surface area contributed by atoms with E-state index in [1.165, 1.54) is 25.0 Å². The Morgan fingerprint density at radius 1 is 1.47 bits per heavy atom. The maximum Gasteiger partial charge on any atom is 0.0795 e. The van der Waals surface area contributed by atoms with E-state index in [1.54, 1.807) is 11.3 Å². The Morgan fingerprint density at radius 2 is 2.27 bits per heavy atom. The summed E-state index contributed by atoms with van der Waals surface area (Å²) < 4.78 is 0. The van der Waals surface area contributed by atoms with Crippen molar-refractivity contribution in [3.8, 4) is 0 Å². The van der Waals surface area contributed by atoms with E-state index in [4.69, 9.17) is 0 Å². The van der Waals surface area contributed by atoms with Gasteiger partial charge in [-0.05, 0) is 18.9 Å². The monoisotopic (exact) mass is 226 g/mol. The van der Waals surface area contributed by atoms with Crippen LogP contribution in [0.4, 0.5) is 0 Å². The van der Waals surface area contributed by atoms with E-state index in [0.717, 1.165) is 12.5 Å². The van der Waals surface area contributed by atoms with E-state index in [-0.39, 0.29) is 0 Å². The SMILES string of the molecule is CCCC(C)CC(NCC)c1cscn1. The quantitative estimate of drug-likeness (QED) is 0.768. The van der Waals surface area contributed by atoms with Crippen LogP contribution in [0.3, 0.4) is 0 Å². The third-order valence-corrected chi connectivity index (χ3v) is 3.28. The summed E-state index contributed by atoms with van der Waals surface area (Å²) in [6, 6.07) is 0.447. The molecule has 0 aliphatic carbocycles. The van der Waals surface area contributed by atoms with Crippen LogP contribution < -0.4 is 5.32 Å². The molecule has 2 nitrogen and oxygen atoms in total. The van der Waals surface area contributed by atoms with Crippen molar-refractivity contribution in [3.63, 3.8) is 0 Å². The lowest BCUT2D eigenvalue weighted by atomic mass is 9.96. The lowest BCUT2D eigenvalue weighted by Crippen LogP contribution is -2.23. The van der Waals surface area contributed by atoms with E-state index in [9.17, 15) is 0 Å². The molecule has 0 saturated carbocycles. The van der Waals surface area contributed by atoms with Crippen molar-refractivity contribution in [2.75, 3.05) is 6.54 Å². The minimum absolute atomic E-state index is 0.447. The summed E-state index contributed by atoms with van der Waals surface area (Å²) in [6.07, 6.45) is 3.79. The summed E-state index contributed by atoms with van der Waals surface area (Å²) >= 11 is 1.68. The Bertz CT molecular complexity index is 246. The first kappa shape index (κ1) is 12.7. The summed E-state index contributed by atoms with van der Waals surface area (Å²) in [7, 11) is 0. The third-order valence-electron chi connectivity index (χ3n) is 2.68. The van der Waals surface area contributed by atoms with E-state index >= 15 is 0 Å². The molecule has 0 radical (unpaired) electrons. The molecular weight excluding hydrogens is 204 g/mol. The van der Waals surface area contributed by atoms with Crippen molar-refractivity contribution in [3.05, 3.63) is 16.6 Å². The molecule has 2 unspecified atom stereocenters. The van der Waals surface area contributed by atoms with Gasteiger partial charge in [0.2, 0.25) is 0 Å². The van der Waals surface area contributed by atoms with Crippen LogP contribution in [-0.2, 0) is 0 Å². The Labute approximate surface area is 97.1 Å². The van der Waals surface area contributed by atoms with Crippen LogP contribution in [0.2, 0.25) is 0 Å². The number of nitrogens with one attached hydrogen (secondary N) is 1. The average Bonchev–Trinajstić information content (AvgIpc) is 2.70. The predicted molar refractivity (Wildman–Crippen MR) is 67.2 cm³/mol. The summed E-state index contributed by atoms with van der Waals surface area (Å²) in [5, 5.41) is 5.68. The second kappa shape index (κ2) is 6.96. The topological polar surface area (TPSA) is 24.9 Å². The number of hydrogen-bond donors (Lipinski definition) is 1. The highest BCUT2D eigenvalue weighted by Gasteiger charge is 2.15. The molecule has 0 aromatic carbocycles. The molecule has 1 aromatic heterocycles. The molecule has 0 fully saturated rings. The fraction of sp³-hybridized carbons (Fsp3) is 0.750. The maximum absolute atomic E-state index is 4.40. The molecule has 0 saturated heterocycles. The van der Waals surface area contributed by atoms with Gasteiger partial charge < -0.3 is 5.32 Å². The smallest absolute Gasteiger partial charge is 0.0795 e. The van der Waals surface area contributed by atoms with E-state index < -0.39 is 0 Å². The summed E-state index contributed by atoms with van der Waals surface area (Å²) in [5.41, 5.74) is 3.13. The van der Waals surface area contributed by atoms with Crippen molar-refractivity contribution in [1.29, 1.82) is 0 Å². The summed E-state index contributed by atoms with van der Waals surface area (Å²) in [6.45, 7) is 7.76. The molecule has 0 bridgehead atoms. The molecule has 0 amide bonds. The van der Waals surface area contributed by atoms with Crippen molar-refractivity contribution in [2.24, 2.45) is 5.92 Å². The van der Waals surface area contributed by atoms with Crippen LogP contribution in [0.15, 0.2) is 10.9 Å². The standard InChI is InChI=1S/C12H22N2S/c1-4-6-10(3)7-11(13-5-2)12-8-15-9-14-12/h8-11,13H,4-7H2,1-3H3. The first-order chi connectivity index (χ1) is 7.27. The van der Waals surface area contributed by atoms with Crippen LogP contribution in [-0.4, -0.2) is 11.5 Å². The van der Waals surface area contributed by atoms with Gasteiger partial charge in [0, 0.05) is 5.38 Å². The number of rotatable bonds is 7. The fourth-order valence-electron chi connectivity index (χ4n) is 1.96. The van der Waals surface area contributed by atoms with Gasteiger partial charge in [0.1, 0.15) is 0 Å². The zero-order valence-corrected chi connectivity index (χ0v) is 10.8. The predicted octanol–water partition coefficient (Wildman–Crippen LogP) is 3.62. The highest BCUT2D eigenvalue weighted by molar-refractivity contribution is 7.07. The van der Waals surface area contributed by atoms with Crippen molar-refractivity contribution < 1.29 is 0 Å². The Balaban J connectivity index is 2.51. The first-order valence-corrected chi connectivity index (χ1v) is 6.83. The van der Waals surface area contributed by atoms with Crippen LogP contribution in [0.25, 0.3) is 0 Å². The first-order valence-electron chi connectivity index (χ1n) is 5.89. The molecule has 86 valence electrons. The lowest BCUT2D eigenvalue weighted by Gasteiger charge is -2.19. The molecule has 3 heteroatoms. The van der Waals surface area contributed by atoms with Gasteiger partial charge in [-0.15, -0.1) is 11.3 Å². The Kier molecular flexibility index (Phi) is 5.88. The Hall–Kier alpha value is -0.410. The highest BCUT2D eigenvalue weighted by Crippen LogP contribution is 2.23. The minimum Gasteiger partial charge on any atom is -0.309 e. The van der Waals surface area contributed by atoms with E-state index in [2.05, 4.69) is 36.5 Å². The molecule has 1 heterocycles. The summed E-state index contributed by atoms with van der Waals surface area (Å²) in [5.74, 6) is 0.778. The largest absolute Gasteiger partial charge is 0.309 e. The number of thiazole rings is 1. The zero-order valence-electron chi connectivity index (χ0n) is 9.99. The Morgan fingerprint density at radius 3 is 2.80 bits per heavy atom. The molecule has 2 atom stereocenters. The van der Waals surface area contributed by atoms with Crippen LogP contribution in [0, 0.1) is 5.92 Å². The van der Waals surface area contributed by atoms with E-state index in [0.29, 0.717) is 6.04 Å². The van der Waals surface area contributed by atoms with Gasteiger partial charge >= 0.3 is 0 Å². The molecule has 1 N–H and O–H groups in total. The number of aromatic nitrogens is 1. The molecule has 0 aliphatic rings. The third kappa shape index (κ3) is 4.31. The number of nitrogens with zero attached hydrogens (tertiary/aromatic N) is 1. The van der Waals surface area contributed by atoms with Gasteiger partial charge in [0.15, 0.2) is 0 Å². The molecule has 15 heavy (non-hydrogen) atoms. The average molecular weight is 226 g/mol. The number of hydrogen-bond acceptors (Lipinski definition) is 3. The molecular formula is C12H22N2S. The van der Waals surface area contributed by atoms with Crippen LogP contribution in [0.5, 0.6) is 0 Å². The van der Waals surface area contributed by atoms with Gasteiger partial charge in [-0.3, -0.25) is 0 Å². The van der Waals surface area contributed by atoms with E-state index in [1.807, 2.05) is 5.51 Å². The highest BCUT2D eigenvalue weighted by atomic mass is 32.1. The summed E-state index contributed by atoms with van der Waals surface area (Å²) in [4.78, 5) is 4.40. The molecule has 1 rings (SSSR count). The fourth-order valence-corrected chi connectivity index (χ4v) is 2.57. The van der Waals surface area contributed by atoms with Crippen molar-refractivity contribution >= 4 is 11.3 Å².